The van der Waals surface area contributed by atoms with E-state index in [0.717, 1.165) is 23.0 Å². The highest BCUT2D eigenvalue weighted by atomic mass is 32.2. The van der Waals surface area contributed by atoms with E-state index in [9.17, 15) is 51.6 Å². The Morgan fingerprint density at radius 3 is 1.85 bits per heavy atom. The van der Waals surface area contributed by atoms with Crippen molar-refractivity contribution < 1.29 is 61.1 Å². The number of para-hydroxylation sites is 2. The maximum absolute atomic E-state index is 14.3. The second kappa shape index (κ2) is 28.1. The van der Waals surface area contributed by atoms with E-state index < -0.39 is 94.1 Å². The molecule has 4 rings (SSSR count). The Kier molecular flexibility index (Phi) is 22.5. The molecule has 20 nitrogen and oxygen atoms in total. The Balaban J connectivity index is 1.49. The number of aliphatic carboxylic acids is 1. The third kappa shape index (κ3) is 20.0. The van der Waals surface area contributed by atoms with Crippen LogP contribution in [0.25, 0.3) is 10.9 Å². The van der Waals surface area contributed by atoms with Crippen molar-refractivity contribution in [3.05, 3.63) is 96.2 Å². The number of alkyl carbamates (subject to hydrolysis) is 1. The van der Waals surface area contributed by atoms with Gasteiger partial charge in [0.2, 0.25) is 29.5 Å². The van der Waals surface area contributed by atoms with Crippen LogP contribution in [0.2, 0.25) is 0 Å². The predicted octanol–water partition coefficient (Wildman–Crippen LogP) is 4.86. The molecule has 0 radical (unpaired) electrons. The molecule has 4 aromatic rings. The smallest absolute Gasteiger partial charge is 0.408 e. The number of amides is 6. The number of nitrogens with one attached hydrogen (secondary N) is 7. The summed E-state index contributed by atoms with van der Waals surface area (Å²) in [5.74, 6) is -4.05. The highest BCUT2D eigenvalue weighted by Crippen LogP contribution is 2.20. The van der Waals surface area contributed by atoms with Crippen LogP contribution < -0.4 is 36.6 Å². The highest BCUT2D eigenvalue weighted by molar-refractivity contribution is 7.85. The first-order valence-electron chi connectivity index (χ1n) is 24.1. The average Bonchev–Trinajstić information content (AvgIpc) is 3.73. The maximum Gasteiger partial charge on any atom is 0.408 e. The summed E-state index contributed by atoms with van der Waals surface area (Å²) in [6.45, 7) is 8.34. The minimum atomic E-state index is -4.50. The second-order valence-corrected chi connectivity index (χ2v) is 19.9. The van der Waals surface area contributed by atoms with Crippen molar-refractivity contribution in [3.63, 3.8) is 0 Å². The number of rotatable bonds is 29. The molecule has 392 valence electrons. The summed E-state index contributed by atoms with van der Waals surface area (Å²) in [7, 11) is -4.50. The number of benzene rings is 3. The third-order valence-electron chi connectivity index (χ3n) is 11.3. The fourth-order valence-electron chi connectivity index (χ4n) is 7.63. The van der Waals surface area contributed by atoms with Crippen molar-refractivity contribution in [2.45, 2.75) is 146 Å². The van der Waals surface area contributed by atoms with E-state index in [0.29, 0.717) is 49.0 Å². The molecule has 0 saturated heterocycles. The van der Waals surface area contributed by atoms with Crippen LogP contribution in [-0.4, -0.2) is 114 Å². The lowest BCUT2D eigenvalue weighted by molar-refractivity contribution is -0.138. The molecule has 1 heterocycles. The van der Waals surface area contributed by atoms with Crippen molar-refractivity contribution in [1.29, 1.82) is 0 Å². The minimum Gasteiger partial charge on any atom is -0.494 e. The number of hydrogen-bond donors (Lipinski definition) is 9. The molecular formula is C51H69N7O13S. The number of aromatic nitrogens is 1. The van der Waals surface area contributed by atoms with Gasteiger partial charge >= 0.3 is 12.1 Å². The average molecular weight is 1020 g/mol. The molecule has 0 bridgehead atoms. The zero-order valence-electron chi connectivity index (χ0n) is 41.5. The summed E-state index contributed by atoms with van der Waals surface area (Å²) in [5, 5.41) is 26.5. The summed E-state index contributed by atoms with van der Waals surface area (Å²) in [6.07, 6.45) is 3.61. The molecule has 1 aromatic heterocycles. The van der Waals surface area contributed by atoms with Gasteiger partial charge in [-0.15, -0.1) is 0 Å². The van der Waals surface area contributed by atoms with E-state index in [1.165, 1.54) is 12.1 Å². The van der Waals surface area contributed by atoms with E-state index in [1.807, 2.05) is 56.3 Å². The van der Waals surface area contributed by atoms with Crippen molar-refractivity contribution >= 4 is 62.6 Å². The molecule has 9 N–H and O–H groups in total. The molecule has 21 heteroatoms. The quantitative estimate of drug-likeness (QED) is 0.0260. The van der Waals surface area contributed by atoms with Crippen LogP contribution >= 0.6 is 0 Å². The molecule has 6 amide bonds. The normalized spacial score (nSPS) is 13.6. The number of aromatic amines is 1. The first-order chi connectivity index (χ1) is 34.1. The molecule has 3 aromatic carbocycles. The third-order valence-corrected chi connectivity index (χ3v) is 12.1. The number of unbranched alkanes of at least 4 members (excludes halogenated alkanes) is 2. The number of carbonyl (C=O) groups excluding carboxylic acids is 6. The first-order valence-corrected chi connectivity index (χ1v) is 25.6. The maximum atomic E-state index is 14.3. The first kappa shape index (κ1) is 57.6. The van der Waals surface area contributed by atoms with Crippen LogP contribution in [0.5, 0.6) is 5.75 Å². The van der Waals surface area contributed by atoms with E-state index in [4.69, 9.17) is 9.47 Å². The largest absolute Gasteiger partial charge is 0.494 e. The molecule has 0 aliphatic heterocycles. The van der Waals surface area contributed by atoms with Gasteiger partial charge in [-0.25, -0.2) is 4.79 Å². The monoisotopic (exact) mass is 1020 g/mol. The van der Waals surface area contributed by atoms with Gasteiger partial charge in [0.1, 0.15) is 35.5 Å². The molecule has 72 heavy (non-hydrogen) atoms. The number of H-pyrrole nitrogens is 1. The van der Waals surface area contributed by atoms with Gasteiger partial charge in [0.05, 0.1) is 24.5 Å². The summed E-state index contributed by atoms with van der Waals surface area (Å²) < 4.78 is 43.8. The molecule has 0 unspecified atom stereocenters. The standard InChI is InChI=1S/C51H69N7O13S/c1-6-8-20-40(56-48(64)42(58-50(66)71-51(3,4)5)28-33-23-25-37(26-24-33)72(67,68)69)46(62)53-32-44(59)55-43(29-34-31-52-39-22-14-13-19-38(34)39)49(65)57-41(21-9-7-2)47(63)54-35(30-45(60)61)16-15-27-70-36-17-11-10-12-18-36/h10-14,17-19,22-26,31,35,40-43,52H,6-9,15-16,20-21,27-30,32H2,1-5H3,(H,53,62)(H,54,63)(H,55,59)(H,56,64)(H,57,65)(H,58,66)(H,60,61)(H,67,68,69)/t35-,40+,41+,42+,43+/m1/s1. The second-order valence-electron chi connectivity index (χ2n) is 18.4. The summed E-state index contributed by atoms with van der Waals surface area (Å²) in [5.41, 5.74) is 0.925. The van der Waals surface area contributed by atoms with Crippen molar-refractivity contribution in [2.24, 2.45) is 0 Å². The Morgan fingerprint density at radius 2 is 1.25 bits per heavy atom. The lowest BCUT2D eigenvalue weighted by Crippen LogP contribution is -2.57. The molecule has 0 spiro atoms. The lowest BCUT2D eigenvalue weighted by atomic mass is 10.0. The Morgan fingerprint density at radius 1 is 0.667 bits per heavy atom. The van der Waals surface area contributed by atoms with Gasteiger partial charge in [0.25, 0.3) is 10.1 Å². The summed E-state index contributed by atoms with van der Waals surface area (Å²) in [4.78, 5) is 97.1. The molecular weight excluding hydrogens is 951 g/mol. The van der Waals surface area contributed by atoms with Crippen molar-refractivity contribution in [1.82, 2.24) is 36.9 Å². The zero-order valence-corrected chi connectivity index (χ0v) is 42.3. The van der Waals surface area contributed by atoms with Crippen LogP contribution in [0.4, 0.5) is 4.79 Å². The fraction of sp³-hybridized carbons (Fsp3) is 0.471. The minimum absolute atomic E-state index is 0.0273. The molecule has 0 aliphatic carbocycles. The Hall–Kier alpha value is -7.00. The van der Waals surface area contributed by atoms with Crippen molar-refractivity contribution in [3.8, 4) is 5.75 Å². The van der Waals surface area contributed by atoms with E-state index in [1.54, 1.807) is 39.1 Å². The van der Waals surface area contributed by atoms with Gasteiger partial charge in [-0.05, 0) is 87.9 Å². The molecule has 0 saturated carbocycles. The fourth-order valence-corrected chi connectivity index (χ4v) is 8.11. The number of fused-ring (bicyclic) bond motifs is 1. The lowest BCUT2D eigenvalue weighted by Gasteiger charge is -2.26. The van der Waals surface area contributed by atoms with Crippen LogP contribution in [-0.2, 0) is 56.5 Å². The Labute approximate surface area is 420 Å². The van der Waals surface area contributed by atoms with Crippen molar-refractivity contribution in [2.75, 3.05) is 13.2 Å². The SMILES string of the molecule is CCCC[C@H](NC(=O)[C@H](Cc1ccc(S(=O)(=O)O)cc1)NC(=O)OC(C)(C)C)C(=O)NCC(=O)N[C@@H](Cc1c[nH]c2ccccc12)C(=O)N[C@@H](CCCC)C(=O)N[C@H](CCCOc1ccccc1)CC(=O)O. The number of hydrogen-bond acceptors (Lipinski definition) is 11. The Bertz CT molecular complexity index is 2550. The van der Waals surface area contributed by atoms with Gasteiger partial charge in [0.15, 0.2) is 0 Å². The van der Waals surface area contributed by atoms with E-state index in [2.05, 4.69) is 36.9 Å². The van der Waals surface area contributed by atoms with E-state index >= 15 is 0 Å². The zero-order chi connectivity index (χ0) is 52.8. The van der Waals surface area contributed by atoms with Crippen LogP contribution in [0.3, 0.4) is 0 Å². The molecule has 0 aliphatic rings. The van der Waals surface area contributed by atoms with E-state index in [-0.39, 0.29) is 50.0 Å². The van der Waals surface area contributed by atoms with Crippen LogP contribution in [0.15, 0.2) is 90.0 Å². The van der Waals surface area contributed by atoms with Gasteiger partial charge < -0.3 is 51.5 Å². The van der Waals surface area contributed by atoms with Crippen LogP contribution in [0.1, 0.15) is 104 Å². The van der Waals surface area contributed by atoms with Gasteiger partial charge in [-0.3, -0.25) is 33.3 Å². The summed E-state index contributed by atoms with van der Waals surface area (Å²) in [6, 6.07) is 15.8. The number of ether oxygens (including phenoxy) is 2. The number of carbonyl (C=O) groups is 7. The van der Waals surface area contributed by atoms with Gasteiger partial charge in [-0.2, -0.15) is 8.42 Å². The topological polar surface area (TPSA) is 301 Å². The number of carboxylic acid groups (broad SMARTS) is 1. The molecule has 0 fully saturated rings. The van der Waals surface area contributed by atoms with Gasteiger partial charge in [-0.1, -0.05) is 88.1 Å². The summed E-state index contributed by atoms with van der Waals surface area (Å²) >= 11 is 0. The number of carboxylic acids is 1. The predicted molar refractivity (Wildman–Crippen MR) is 268 cm³/mol. The highest BCUT2D eigenvalue weighted by Gasteiger charge is 2.32. The van der Waals surface area contributed by atoms with Gasteiger partial charge in [0, 0.05) is 36.0 Å². The van der Waals surface area contributed by atoms with Crippen LogP contribution in [0, 0.1) is 0 Å². The molecule has 5 atom stereocenters.